The Morgan fingerprint density at radius 1 is 1.19 bits per heavy atom. The molecule has 0 unspecified atom stereocenters. The average molecular weight is 355 g/mol. The summed E-state index contributed by atoms with van der Waals surface area (Å²) in [5, 5.41) is 0. The van der Waals surface area contributed by atoms with Crippen molar-refractivity contribution in [3.8, 4) is 0 Å². The van der Waals surface area contributed by atoms with Crippen LogP contribution in [-0.2, 0) is 11.8 Å². The maximum Gasteiger partial charge on any atom is 0.254 e. The molecule has 2 saturated heterocycles. The molecule has 2 aromatic heterocycles. The molecule has 1 atom stereocenters. The monoisotopic (exact) mass is 355 g/mol. The number of carbonyl (C=O) groups is 1. The number of imidazole rings is 1. The van der Waals surface area contributed by atoms with Gasteiger partial charge in [0.15, 0.2) is 0 Å². The summed E-state index contributed by atoms with van der Waals surface area (Å²) in [5.74, 6) is 2.46. The first-order valence-electron chi connectivity index (χ1n) is 9.27. The first kappa shape index (κ1) is 17.0. The van der Waals surface area contributed by atoms with Crippen LogP contribution < -0.4 is 4.90 Å². The van der Waals surface area contributed by atoms with E-state index in [0.717, 1.165) is 37.6 Å². The van der Waals surface area contributed by atoms with Crippen molar-refractivity contribution in [1.29, 1.82) is 0 Å². The Kier molecular flexibility index (Phi) is 4.88. The molecule has 2 aromatic rings. The van der Waals surface area contributed by atoms with Crippen molar-refractivity contribution >= 4 is 11.7 Å². The van der Waals surface area contributed by atoms with Crippen molar-refractivity contribution in [2.45, 2.75) is 18.8 Å². The average Bonchev–Trinajstić information content (AvgIpc) is 3.14. The third-order valence-corrected chi connectivity index (χ3v) is 5.26. The fourth-order valence-electron chi connectivity index (χ4n) is 3.84. The second-order valence-electron chi connectivity index (χ2n) is 6.99. The van der Waals surface area contributed by atoms with Crippen LogP contribution in [0.25, 0.3) is 0 Å². The molecule has 7 nitrogen and oxygen atoms in total. The number of hydrogen-bond donors (Lipinski definition) is 0. The van der Waals surface area contributed by atoms with Crippen molar-refractivity contribution in [3.63, 3.8) is 0 Å². The van der Waals surface area contributed by atoms with E-state index in [4.69, 9.17) is 4.74 Å². The highest BCUT2D eigenvalue weighted by Gasteiger charge is 2.26. The number of carbonyl (C=O) groups excluding carboxylic acids is 1. The maximum atomic E-state index is 12.7. The molecular weight excluding hydrogens is 330 g/mol. The summed E-state index contributed by atoms with van der Waals surface area (Å²) in [7, 11) is 2.04. The number of aromatic nitrogens is 3. The van der Waals surface area contributed by atoms with E-state index in [9.17, 15) is 4.79 Å². The topological polar surface area (TPSA) is 63.5 Å². The molecule has 2 aliphatic rings. The van der Waals surface area contributed by atoms with Crippen LogP contribution in [0.5, 0.6) is 0 Å². The molecule has 0 aliphatic carbocycles. The van der Waals surface area contributed by atoms with Crippen LogP contribution in [0.15, 0.2) is 30.7 Å². The van der Waals surface area contributed by atoms with Crippen molar-refractivity contribution in [2.24, 2.45) is 7.05 Å². The number of amides is 1. The molecule has 0 bridgehead atoms. The van der Waals surface area contributed by atoms with E-state index in [1.807, 2.05) is 36.5 Å². The Bertz CT molecular complexity index is 769. The molecule has 0 radical (unpaired) electrons. The van der Waals surface area contributed by atoms with Gasteiger partial charge in [0.1, 0.15) is 11.6 Å². The summed E-state index contributed by atoms with van der Waals surface area (Å²) in [5.41, 5.74) is 0.705. The number of ether oxygens (including phenoxy) is 1. The minimum atomic E-state index is 0.0645. The highest BCUT2D eigenvalue weighted by molar-refractivity contribution is 5.94. The molecule has 0 aromatic carbocycles. The van der Waals surface area contributed by atoms with Gasteiger partial charge in [-0.2, -0.15) is 0 Å². The number of pyridine rings is 1. The Morgan fingerprint density at radius 3 is 2.81 bits per heavy atom. The number of hydrogen-bond acceptors (Lipinski definition) is 5. The Labute approximate surface area is 153 Å². The molecule has 0 saturated carbocycles. The van der Waals surface area contributed by atoms with Gasteiger partial charge >= 0.3 is 0 Å². The lowest BCUT2D eigenvalue weighted by molar-refractivity contribution is 0.0303. The van der Waals surface area contributed by atoms with Gasteiger partial charge in [0, 0.05) is 63.3 Å². The van der Waals surface area contributed by atoms with E-state index in [2.05, 4.69) is 19.4 Å². The van der Waals surface area contributed by atoms with Crippen LogP contribution in [-0.4, -0.2) is 64.7 Å². The molecule has 26 heavy (non-hydrogen) atoms. The zero-order valence-corrected chi connectivity index (χ0v) is 15.2. The quantitative estimate of drug-likeness (QED) is 0.838. The predicted octanol–water partition coefficient (Wildman–Crippen LogP) is 1.67. The largest absolute Gasteiger partial charge is 0.378 e. The van der Waals surface area contributed by atoms with Gasteiger partial charge in [-0.15, -0.1) is 0 Å². The molecule has 2 aliphatic heterocycles. The fourth-order valence-corrected chi connectivity index (χ4v) is 3.84. The Hall–Kier alpha value is -2.41. The number of aryl methyl sites for hydroxylation is 1. The van der Waals surface area contributed by atoms with E-state index < -0.39 is 0 Å². The minimum Gasteiger partial charge on any atom is -0.378 e. The van der Waals surface area contributed by atoms with Gasteiger partial charge in [-0.3, -0.25) is 4.79 Å². The van der Waals surface area contributed by atoms with Crippen LogP contribution in [0.3, 0.4) is 0 Å². The zero-order chi connectivity index (χ0) is 17.9. The predicted molar refractivity (Wildman–Crippen MR) is 98.4 cm³/mol. The summed E-state index contributed by atoms with van der Waals surface area (Å²) in [6, 6.07) is 3.74. The summed E-state index contributed by atoms with van der Waals surface area (Å²) < 4.78 is 7.44. The summed E-state index contributed by atoms with van der Waals surface area (Å²) in [6.07, 6.45) is 7.82. The normalized spacial score (nSPS) is 21.0. The number of nitrogens with zero attached hydrogens (tertiary/aromatic N) is 5. The van der Waals surface area contributed by atoms with Crippen LogP contribution in [0.2, 0.25) is 0 Å². The van der Waals surface area contributed by atoms with Crippen LogP contribution in [0, 0.1) is 0 Å². The van der Waals surface area contributed by atoms with Gasteiger partial charge in [0.25, 0.3) is 5.91 Å². The lowest BCUT2D eigenvalue weighted by atomic mass is 9.97. The van der Waals surface area contributed by atoms with Crippen molar-refractivity contribution < 1.29 is 9.53 Å². The molecular formula is C19H25N5O2. The molecule has 138 valence electrons. The van der Waals surface area contributed by atoms with Crippen molar-refractivity contribution in [3.05, 3.63) is 42.1 Å². The lowest BCUT2D eigenvalue weighted by Crippen LogP contribution is -2.41. The molecule has 0 N–H and O–H groups in total. The van der Waals surface area contributed by atoms with Crippen molar-refractivity contribution in [2.75, 3.05) is 44.3 Å². The zero-order valence-electron chi connectivity index (χ0n) is 15.2. The summed E-state index contributed by atoms with van der Waals surface area (Å²) in [6.45, 7) is 4.38. The van der Waals surface area contributed by atoms with Gasteiger partial charge in [-0.05, 0) is 25.0 Å². The van der Waals surface area contributed by atoms with E-state index >= 15 is 0 Å². The van der Waals surface area contributed by atoms with Crippen molar-refractivity contribution in [1.82, 2.24) is 19.4 Å². The summed E-state index contributed by atoms with van der Waals surface area (Å²) >= 11 is 0. The van der Waals surface area contributed by atoms with Gasteiger partial charge in [-0.1, -0.05) is 0 Å². The Morgan fingerprint density at radius 2 is 2.04 bits per heavy atom. The van der Waals surface area contributed by atoms with Crippen LogP contribution in [0.4, 0.5) is 5.82 Å². The number of morpholine rings is 1. The molecule has 4 heterocycles. The molecule has 0 spiro atoms. The lowest BCUT2D eigenvalue weighted by Gasteiger charge is -2.33. The standard InChI is InChI=1S/C19H25N5O2/c1-22-8-6-21-18(22)16-3-2-7-24(14-16)17-13-15(4-5-20-17)19(25)23-9-11-26-12-10-23/h4-6,8,13,16H,2-3,7,9-12,14H2,1H3/t16-/m1/s1. The molecule has 1 amide bonds. The van der Waals surface area contributed by atoms with E-state index in [-0.39, 0.29) is 5.91 Å². The minimum absolute atomic E-state index is 0.0645. The number of rotatable bonds is 3. The van der Waals surface area contributed by atoms with Crippen LogP contribution in [0.1, 0.15) is 34.9 Å². The second kappa shape index (κ2) is 7.45. The van der Waals surface area contributed by atoms with E-state index in [1.165, 1.54) is 0 Å². The van der Waals surface area contributed by atoms with Crippen LogP contribution >= 0.6 is 0 Å². The SMILES string of the molecule is Cn1ccnc1[C@@H]1CCCN(c2cc(C(=O)N3CCOCC3)ccn2)C1. The third-order valence-electron chi connectivity index (χ3n) is 5.26. The molecule has 4 rings (SSSR count). The van der Waals surface area contributed by atoms with E-state index in [1.54, 1.807) is 6.20 Å². The first-order valence-corrected chi connectivity index (χ1v) is 9.27. The number of piperidine rings is 1. The third kappa shape index (κ3) is 3.44. The summed E-state index contributed by atoms with van der Waals surface area (Å²) in [4.78, 5) is 25.9. The maximum absolute atomic E-state index is 12.7. The highest BCUT2D eigenvalue weighted by Crippen LogP contribution is 2.28. The van der Waals surface area contributed by atoms with Gasteiger partial charge in [-0.25, -0.2) is 9.97 Å². The molecule has 2 fully saturated rings. The van der Waals surface area contributed by atoms with E-state index in [0.29, 0.717) is 37.8 Å². The smallest absolute Gasteiger partial charge is 0.254 e. The van der Waals surface area contributed by atoms with Gasteiger partial charge in [0.05, 0.1) is 13.2 Å². The van der Waals surface area contributed by atoms with Gasteiger partial charge < -0.3 is 19.1 Å². The Balaban J connectivity index is 1.50. The molecule has 7 heteroatoms. The second-order valence-corrected chi connectivity index (χ2v) is 6.99. The number of anilines is 1. The fraction of sp³-hybridized carbons (Fsp3) is 0.526. The van der Waals surface area contributed by atoms with Gasteiger partial charge in [0.2, 0.25) is 0 Å². The first-order chi connectivity index (χ1) is 12.7. The highest BCUT2D eigenvalue weighted by atomic mass is 16.5.